The molecule has 0 saturated heterocycles. The van der Waals surface area contributed by atoms with Crippen molar-refractivity contribution in [2.75, 3.05) is 7.11 Å². The molecule has 1 aromatic heterocycles. The topological polar surface area (TPSA) is 68.3 Å². The monoisotopic (exact) mass is 374 g/mol. The molecule has 0 amide bonds. The van der Waals surface area contributed by atoms with Crippen LogP contribution in [0.5, 0.6) is 0 Å². The average Bonchev–Trinajstić information content (AvgIpc) is 2.73. The molecule has 1 N–H and O–H groups in total. The van der Waals surface area contributed by atoms with Gasteiger partial charge in [-0.3, -0.25) is 9.78 Å². The number of aromatic nitrogens is 1. The van der Waals surface area contributed by atoms with Crippen LogP contribution in [0.25, 0.3) is 0 Å². The molecule has 4 rings (SSSR count). The number of pyridine rings is 1. The Bertz CT molecular complexity index is 977. The highest BCUT2D eigenvalue weighted by Crippen LogP contribution is 2.45. The first kappa shape index (κ1) is 18.2. The van der Waals surface area contributed by atoms with Gasteiger partial charge in [-0.15, -0.1) is 0 Å². The van der Waals surface area contributed by atoms with Gasteiger partial charge in [-0.25, -0.2) is 4.79 Å². The summed E-state index contributed by atoms with van der Waals surface area (Å²) in [7, 11) is 1.37. The zero-order chi connectivity index (χ0) is 19.7. The Labute approximate surface area is 164 Å². The SMILES string of the molecule is COC(=O)C1=C(C)NC2=C(C(=O)C[C@H](c3ccccc3)C2)[C@H]1c1ccncc1. The minimum atomic E-state index is -0.434. The third-order valence-corrected chi connectivity index (χ3v) is 5.54. The lowest BCUT2D eigenvalue weighted by atomic mass is 9.72. The molecule has 0 unspecified atom stereocenters. The molecule has 0 radical (unpaired) electrons. The quantitative estimate of drug-likeness (QED) is 0.831. The number of methoxy groups -OCH3 is 1. The molecule has 1 aliphatic carbocycles. The lowest BCUT2D eigenvalue weighted by Gasteiger charge is -2.36. The van der Waals surface area contributed by atoms with E-state index in [0.717, 1.165) is 28.9 Å². The Morgan fingerprint density at radius 3 is 2.46 bits per heavy atom. The minimum absolute atomic E-state index is 0.0679. The molecule has 2 atom stereocenters. The normalized spacial score (nSPS) is 21.9. The van der Waals surface area contributed by atoms with E-state index in [4.69, 9.17) is 4.74 Å². The number of esters is 1. The van der Waals surface area contributed by atoms with Crippen molar-refractivity contribution in [1.82, 2.24) is 10.3 Å². The highest BCUT2D eigenvalue weighted by atomic mass is 16.5. The smallest absolute Gasteiger partial charge is 0.336 e. The van der Waals surface area contributed by atoms with Crippen molar-refractivity contribution in [3.05, 3.63) is 88.5 Å². The maximum Gasteiger partial charge on any atom is 0.336 e. The van der Waals surface area contributed by atoms with Crippen LogP contribution >= 0.6 is 0 Å². The molecule has 0 bridgehead atoms. The number of nitrogens with zero attached hydrogens (tertiary/aromatic N) is 1. The van der Waals surface area contributed by atoms with Gasteiger partial charge in [-0.05, 0) is 42.5 Å². The summed E-state index contributed by atoms with van der Waals surface area (Å²) in [6, 6.07) is 13.8. The second-order valence-corrected chi connectivity index (χ2v) is 7.20. The Morgan fingerprint density at radius 1 is 1.07 bits per heavy atom. The van der Waals surface area contributed by atoms with Gasteiger partial charge in [0.05, 0.1) is 12.7 Å². The fourth-order valence-electron chi connectivity index (χ4n) is 4.27. The Balaban J connectivity index is 1.81. The Morgan fingerprint density at radius 2 is 1.79 bits per heavy atom. The number of carbonyl (C=O) groups is 2. The highest BCUT2D eigenvalue weighted by Gasteiger charge is 2.41. The summed E-state index contributed by atoms with van der Waals surface area (Å²) in [4.78, 5) is 29.9. The van der Waals surface area contributed by atoms with E-state index in [0.29, 0.717) is 17.6 Å². The summed E-state index contributed by atoms with van der Waals surface area (Å²) in [6.07, 6.45) is 4.53. The molecule has 5 heteroatoms. The van der Waals surface area contributed by atoms with E-state index in [1.807, 2.05) is 37.3 Å². The first-order valence-corrected chi connectivity index (χ1v) is 9.37. The molecular weight excluding hydrogens is 352 g/mol. The van der Waals surface area contributed by atoms with Crippen LogP contribution in [0.3, 0.4) is 0 Å². The van der Waals surface area contributed by atoms with Crippen LogP contribution in [0.15, 0.2) is 77.4 Å². The zero-order valence-corrected chi connectivity index (χ0v) is 15.9. The minimum Gasteiger partial charge on any atom is -0.466 e. The van der Waals surface area contributed by atoms with Gasteiger partial charge < -0.3 is 10.1 Å². The van der Waals surface area contributed by atoms with E-state index < -0.39 is 11.9 Å². The van der Waals surface area contributed by atoms with Crippen LogP contribution in [-0.4, -0.2) is 23.8 Å². The molecular formula is C23H22N2O3. The molecule has 1 aliphatic heterocycles. The van der Waals surface area contributed by atoms with E-state index in [1.54, 1.807) is 12.4 Å². The van der Waals surface area contributed by atoms with Crippen LogP contribution in [-0.2, 0) is 14.3 Å². The third kappa shape index (κ3) is 3.13. The number of Topliss-reactive ketones (excluding diaryl/α,β-unsaturated/α-hetero) is 1. The molecule has 0 spiro atoms. The van der Waals surface area contributed by atoms with Crippen molar-refractivity contribution in [1.29, 1.82) is 0 Å². The number of carbonyl (C=O) groups excluding carboxylic acids is 2. The average molecular weight is 374 g/mol. The predicted octanol–water partition coefficient (Wildman–Crippen LogP) is 3.62. The molecule has 5 nitrogen and oxygen atoms in total. The standard InChI is InChI=1S/C23H22N2O3/c1-14-20(23(27)28-2)21(16-8-10-24-11-9-16)22-18(25-14)12-17(13-19(22)26)15-6-4-3-5-7-15/h3-11,17,21,25H,12-13H2,1-2H3/t17-,21+/m1/s1. The molecule has 0 saturated carbocycles. The molecule has 28 heavy (non-hydrogen) atoms. The van der Waals surface area contributed by atoms with Gasteiger partial charge in [0, 0.05) is 41.7 Å². The van der Waals surface area contributed by atoms with Crippen molar-refractivity contribution in [3.8, 4) is 0 Å². The van der Waals surface area contributed by atoms with E-state index in [-0.39, 0.29) is 11.7 Å². The fourth-order valence-corrected chi connectivity index (χ4v) is 4.27. The van der Waals surface area contributed by atoms with Gasteiger partial charge in [-0.1, -0.05) is 30.3 Å². The number of ether oxygens (including phenoxy) is 1. The van der Waals surface area contributed by atoms with Crippen molar-refractivity contribution in [3.63, 3.8) is 0 Å². The number of rotatable bonds is 3. The fraction of sp³-hybridized carbons (Fsp3) is 0.261. The Kier molecular flexibility index (Phi) is 4.82. The molecule has 1 aromatic carbocycles. The number of dihydropyridines is 1. The van der Waals surface area contributed by atoms with Gasteiger partial charge in [0.15, 0.2) is 5.78 Å². The molecule has 2 aromatic rings. The first-order valence-electron chi connectivity index (χ1n) is 9.37. The lowest BCUT2D eigenvalue weighted by Crippen LogP contribution is -2.36. The van der Waals surface area contributed by atoms with Gasteiger partial charge in [0.25, 0.3) is 0 Å². The van der Waals surface area contributed by atoms with Gasteiger partial charge in [0.2, 0.25) is 0 Å². The van der Waals surface area contributed by atoms with Gasteiger partial charge >= 0.3 is 5.97 Å². The van der Waals surface area contributed by atoms with Gasteiger partial charge in [-0.2, -0.15) is 0 Å². The number of ketones is 1. The number of benzene rings is 1. The van der Waals surface area contributed by atoms with Crippen molar-refractivity contribution in [2.24, 2.45) is 0 Å². The summed E-state index contributed by atoms with van der Waals surface area (Å²) >= 11 is 0. The summed E-state index contributed by atoms with van der Waals surface area (Å²) in [5, 5.41) is 3.34. The third-order valence-electron chi connectivity index (χ3n) is 5.54. The maximum absolute atomic E-state index is 13.3. The highest BCUT2D eigenvalue weighted by molar-refractivity contribution is 6.04. The summed E-state index contributed by atoms with van der Waals surface area (Å²) in [6.45, 7) is 1.86. The van der Waals surface area contributed by atoms with Crippen molar-refractivity contribution < 1.29 is 14.3 Å². The van der Waals surface area contributed by atoms with Crippen molar-refractivity contribution >= 4 is 11.8 Å². The summed E-state index contributed by atoms with van der Waals surface area (Å²) in [5.74, 6) is -0.656. The second kappa shape index (κ2) is 7.43. The largest absolute Gasteiger partial charge is 0.466 e. The number of hydrogen-bond donors (Lipinski definition) is 1. The second-order valence-electron chi connectivity index (χ2n) is 7.20. The molecule has 2 aliphatic rings. The summed E-state index contributed by atoms with van der Waals surface area (Å²) in [5.41, 5.74) is 4.81. The number of nitrogens with one attached hydrogen (secondary N) is 1. The predicted molar refractivity (Wildman–Crippen MR) is 105 cm³/mol. The van der Waals surface area contributed by atoms with E-state index >= 15 is 0 Å². The van der Waals surface area contributed by atoms with Crippen LogP contribution in [0.2, 0.25) is 0 Å². The van der Waals surface area contributed by atoms with E-state index in [2.05, 4.69) is 22.4 Å². The van der Waals surface area contributed by atoms with Gasteiger partial charge in [0.1, 0.15) is 0 Å². The first-order chi connectivity index (χ1) is 13.6. The lowest BCUT2D eigenvalue weighted by molar-refractivity contribution is -0.136. The van der Waals surface area contributed by atoms with Crippen LogP contribution in [0.4, 0.5) is 0 Å². The molecule has 142 valence electrons. The van der Waals surface area contributed by atoms with E-state index in [9.17, 15) is 9.59 Å². The number of allylic oxidation sites excluding steroid dienone is 3. The maximum atomic E-state index is 13.3. The zero-order valence-electron chi connectivity index (χ0n) is 15.9. The van der Waals surface area contributed by atoms with Crippen LogP contribution in [0.1, 0.15) is 42.7 Å². The van der Waals surface area contributed by atoms with Crippen molar-refractivity contribution in [2.45, 2.75) is 31.6 Å². The molecule has 2 heterocycles. The van der Waals surface area contributed by atoms with Crippen LogP contribution < -0.4 is 5.32 Å². The van der Waals surface area contributed by atoms with E-state index in [1.165, 1.54) is 7.11 Å². The number of hydrogen-bond acceptors (Lipinski definition) is 5. The Hall–Kier alpha value is -3.21. The molecule has 0 fully saturated rings. The summed E-state index contributed by atoms with van der Waals surface area (Å²) < 4.78 is 5.03. The van der Waals surface area contributed by atoms with Crippen LogP contribution in [0, 0.1) is 0 Å².